The second-order valence-corrected chi connectivity index (χ2v) is 4.41. The molecule has 0 radical (unpaired) electrons. The highest BCUT2D eigenvalue weighted by molar-refractivity contribution is 6.31. The number of halogens is 1. The van der Waals surface area contributed by atoms with Crippen LogP contribution in [0.5, 0.6) is 5.75 Å². The molecule has 1 aliphatic rings. The van der Waals surface area contributed by atoms with E-state index in [4.69, 9.17) is 26.7 Å². The molecule has 1 aromatic carbocycles. The third-order valence-corrected chi connectivity index (χ3v) is 3.12. The number of carbonyl (C=O) groups is 1. The zero-order valence-electron chi connectivity index (χ0n) is 8.89. The van der Waals surface area contributed by atoms with E-state index in [-0.39, 0.29) is 12.0 Å². The molecule has 1 aromatic rings. The van der Waals surface area contributed by atoms with Gasteiger partial charge in [-0.3, -0.25) is 4.79 Å². The van der Waals surface area contributed by atoms with Crippen molar-refractivity contribution in [3.05, 3.63) is 28.8 Å². The first-order valence-corrected chi connectivity index (χ1v) is 5.57. The fourth-order valence-corrected chi connectivity index (χ4v) is 1.93. The minimum Gasteiger partial charge on any atom is -0.490 e. The molecule has 1 saturated carbocycles. The molecule has 88 valence electrons. The maximum Gasteiger partial charge on any atom is 0.306 e. The Kier molecular flexibility index (Phi) is 3.21. The van der Waals surface area contributed by atoms with Gasteiger partial charge in [-0.05, 0) is 25.0 Å². The van der Waals surface area contributed by atoms with Crippen LogP contribution in [-0.4, -0.2) is 17.2 Å². The van der Waals surface area contributed by atoms with E-state index in [0.717, 1.165) is 0 Å². The predicted octanol–water partition coefficient (Wildman–Crippen LogP) is 2.45. The van der Waals surface area contributed by atoms with Gasteiger partial charge in [-0.2, -0.15) is 5.26 Å². The first kappa shape index (κ1) is 11.7. The lowest BCUT2D eigenvalue weighted by atomic mass is 9.82. The molecule has 4 nitrogen and oxygen atoms in total. The number of nitriles is 1. The summed E-state index contributed by atoms with van der Waals surface area (Å²) in [4.78, 5) is 10.6. The summed E-state index contributed by atoms with van der Waals surface area (Å²) in [6.07, 6.45) is 0.972. The van der Waals surface area contributed by atoms with Crippen molar-refractivity contribution in [2.45, 2.75) is 18.9 Å². The molecule has 0 unspecified atom stereocenters. The first-order chi connectivity index (χ1) is 8.10. The number of hydrogen-bond donors (Lipinski definition) is 1. The molecular formula is C12H10ClNO3. The zero-order valence-corrected chi connectivity index (χ0v) is 9.65. The van der Waals surface area contributed by atoms with Crippen molar-refractivity contribution in [2.24, 2.45) is 5.92 Å². The lowest BCUT2D eigenvalue weighted by Crippen LogP contribution is -2.38. The van der Waals surface area contributed by atoms with Gasteiger partial charge in [-0.25, -0.2) is 0 Å². The molecule has 1 aliphatic carbocycles. The van der Waals surface area contributed by atoms with Crippen LogP contribution in [0.15, 0.2) is 18.2 Å². The van der Waals surface area contributed by atoms with Gasteiger partial charge in [0.15, 0.2) is 0 Å². The number of carboxylic acid groups (broad SMARTS) is 1. The summed E-state index contributed by atoms with van der Waals surface area (Å²) in [5, 5.41) is 17.8. The Balaban J connectivity index is 1.95. The number of benzene rings is 1. The van der Waals surface area contributed by atoms with E-state index in [1.54, 1.807) is 18.2 Å². The van der Waals surface area contributed by atoms with E-state index in [1.165, 1.54) is 0 Å². The minimum atomic E-state index is -0.775. The van der Waals surface area contributed by atoms with E-state index in [1.807, 2.05) is 6.07 Å². The van der Waals surface area contributed by atoms with Crippen molar-refractivity contribution in [3.63, 3.8) is 0 Å². The second-order valence-electron chi connectivity index (χ2n) is 4.00. The third-order valence-electron chi connectivity index (χ3n) is 2.81. The molecule has 1 fully saturated rings. The van der Waals surface area contributed by atoms with Crippen molar-refractivity contribution < 1.29 is 14.6 Å². The van der Waals surface area contributed by atoms with Crippen LogP contribution in [-0.2, 0) is 4.79 Å². The molecule has 0 heterocycles. The summed E-state index contributed by atoms with van der Waals surface area (Å²) < 4.78 is 5.55. The van der Waals surface area contributed by atoms with Gasteiger partial charge in [-0.1, -0.05) is 11.6 Å². The predicted molar refractivity (Wildman–Crippen MR) is 60.9 cm³/mol. The Morgan fingerprint density at radius 3 is 2.76 bits per heavy atom. The van der Waals surface area contributed by atoms with Gasteiger partial charge < -0.3 is 9.84 Å². The molecular weight excluding hydrogens is 242 g/mol. The van der Waals surface area contributed by atoms with Crippen LogP contribution in [0.1, 0.15) is 18.4 Å². The van der Waals surface area contributed by atoms with Gasteiger partial charge in [-0.15, -0.1) is 0 Å². The molecule has 0 saturated heterocycles. The van der Waals surface area contributed by atoms with Crippen molar-refractivity contribution in [1.82, 2.24) is 0 Å². The standard InChI is InChI=1S/C12H10ClNO3/c13-11-5-9(2-1-7(11)6-14)17-10-3-8(4-10)12(15)16/h1-2,5,8,10H,3-4H2,(H,15,16). The van der Waals surface area contributed by atoms with Crippen molar-refractivity contribution in [1.29, 1.82) is 5.26 Å². The molecule has 0 atom stereocenters. The topological polar surface area (TPSA) is 70.3 Å². The Hall–Kier alpha value is -1.73. The van der Waals surface area contributed by atoms with Crippen LogP contribution in [0.4, 0.5) is 0 Å². The molecule has 0 spiro atoms. The summed E-state index contributed by atoms with van der Waals surface area (Å²) in [5.74, 6) is -0.501. The van der Waals surface area contributed by atoms with Gasteiger partial charge >= 0.3 is 5.97 Å². The number of aliphatic carboxylic acids is 1. The number of nitrogens with zero attached hydrogens (tertiary/aromatic N) is 1. The molecule has 0 amide bonds. The largest absolute Gasteiger partial charge is 0.490 e. The normalized spacial score (nSPS) is 22.4. The molecule has 0 bridgehead atoms. The molecule has 1 N–H and O–H groups in total. The first-order valence-electron chi connectivity index (χ1n) is 5.19. The molecule has 0 aliphatic heterocycles. The summed E-state index contributed by atoms with van der Waals surface area (Å²) in [6, 6.07) is 6.79. The molecule has 17 heavy (non-hydrogen) atoms. The lowest BCUT2D eigenvalue weighted by Gasteiger charge is -2.32. The zero-order chi connectivity index (χ0) is 12.4. The molecule has 2 rings (SSSR count). The highest BCUT2D eigenvalue weighted by Gasteiger charge is 2.36. The minimum absolute atomic E-state index is 0.0693. The van der Waals surface area contributed by atoms with E-state index in [0.29, 0.717) is 29.2 Å². The summed E-state index contributed by atoms with van der Waals surface area (Å²) in [5.41, 5.74) is 0.399. The summed E-state index contributed by atoms with van der Waals surface area (Å²) in [7, 11) is 0. The van der Waals surface area contributed by atoms with Gasteiger partial charge in [0.1, 0.15) is 17.9 Å². The van der Waals surface area contributed by atoms with E-state index >= 15 is 0 Å². The third kappa shape index (κ3) is 2.51. The SMILES string of the molecule is N#Cc1ccc(OC2CC(C(=O)O)C2)cc1Cl. The Labute approximate surface area is 103 Å². The summed E-state index contributed by atoms with van der Waals surface area (Å²) in [6.45, 7) is 0. The van der Waals surface area contributed by atoms with Crippen LogP contribution in [0, 0.1) is 17.2 Å². The van der Waals surface area contributed by atoms with Gasteiger partial charge in [0, 0.05) is 6.07 Å². The Morgan fingerprint density at radius 1 is 1.53 bits per heavy atom. The number of carboxylic acids is 1. The maximum absolute atomic E-state index is 10.6. The lowest BCUT2D eigenvalue weighted by molar-refractivity contribution is -0.147. The number of rotatable bonds is 3. The average molecular weight is 252 g/mol. The van der Waals surface area contributed by atoms with Crippen molar-refractivity contribution >= 4 is 17.6 Å². The van der Waals surface area contributed by atoms with Crippen LogP contribution >= 0.6 is 11.6 Å². The second kappa shape index (κ2) is 4.64. The van der Waals surface area contributed by atoms with Crippen molar-refractivity contribution in [2.75, 3.05) is 0 Å². The van der Waals surface area contributed by atoms with Gasteiger partial charge in [0.05, 0.1) is 16.5 Å². The van der Waals surface area contributed by atoms with Gasteiger partial charge in [0.2, 0.25) is 0 Å². The van der Waals surface area contributed by atoms with Crippen LogP contribution in [0.3, 0.4) is 0 Å². The van der Waals surface area contributed by atoms with E-state index < -0.39 is 5.97 Å². The van der Waals surface area contributed by atoms with Crippen molar-refractivity contribution in [3.8, 4) is 11.8 Å². The average Bonchev–Trinajstić information content (AvgIpc) is 2.22. The van der Waals surface area contributed by atoms with Gasteiger partial charge in [0.25, 0.3) is 0 Å². The maximum atomic E-state index is 10.6. The fraction of sp³-hybridized carbons (Fsp3) is 0.333. The highest BCUT2D eigenvalue weighted by Crippen LogP contribution is 2.32. The summed E-state index contributed by atoms with van der Waals surface area (Å²) >= 11 is 5.86. The molecule has 0 aromatic heterocycles. The smallest absolute Gasteiger partial charge is 0.306 e. The number of ether oxygens (including phenoxy) is 1. The van der Waals surface area contributed by atoms with Crippen LogP contribution in [0.25, 0.3) is 0 Å². The number of hydrogen-bond acceptors (Lipinski definition) is 3. The fourth-order valence-electron chi connectivity index (χ4n) is 1.72. The Bertz CT molecular complexity index is 489. The highest BCUT2D eigenvalue weighted by atomic mass is 35.5. The quantitative estimate of drug-likeness (QED) is 0.896. The van der Waals surface area contributed by atoms with E-state index in [2.05, 4.69) is 0 Å². The van der Waals surface area contributed by atoms with Crippen LogP contribution in [0.2, 0.25) is 5.02 Å². The Morgan fingerprint density at radius 2 is 2.24 bits per heavy atom. The molecule has 5 heteroatoms. The van der Waals surface area contributed by atoms with E-state index in [9.17, 15) is 4.79 Å². The van der Waals surface area contributed by atoms with Crippen LogP contribution < -0.4 is 4.74 Å². The monoisotopic (exact) mass is 251 g/mol.